The zero-order chi connectivity index (χ0) is 11.9. The Labute approximate surface area is 94.5 Å². The number of hydrogen-bond donors (Lipinski definition) is 2. The summed E-state index contributed by atoms with van der Waals surface area (Å²) in [5.41, 5.74) is 7.31. The lowest BCUT2D eigenvalue weighted by Gasteiger charge is -2.22. The average molecular weight is 220 g/mol. The van der Waals surface area contributed by atoms with Crippen molar-refractivity contribution >= 4 is 5.91 Å². The summed E-state index contributed by atoms with van der Waals surface area (Å²) in [6.07, 6.45) is 2.28. The molecule has 5 heteroatoms. The standard InChI is InChI=1S/C11H16N4O/c1-7-5-8-9(10(16)14-13-7)15(6-12-8)11(2,3)4/h6,13H,1,5H2,2-4H3,(H,14,16). The number of amides is 1. The van der Waals surface area contributed by atoms with Gasteiger partial charge in [-0.05, 0) is 20.8 Å². The number of fused-ring (bicyclic) bond motifs is 1. The third-order valence-corrected chi connectivity index (χ3v) is 2.51. The molecule has 2 N–H and O–H groups in total. The molecule has 86 valence electrons. The summed E-state index contributed by atoms with van der Waals surface area (Å²) in [6.45, 7) is 9.92. The first-order valence-corrected chi connectivity index (χ1v) is 5.20. The summed E-state index contributed by atoms with van der Waals surface area (Å²) < 4.78 is 1.89. The number of aromatic nitrogens is 2. The number of imidazole rings is 1. The first-order valence-electron chi connectivity index (χ1n) is 5.20. The second kappa shape index (κ2) is 3.37. The van der Waals surface area contributed by atoms with Crippen molar-refractivity contribution in [2.45, 2.75) is 32.7 Å². The first-order chi connectivity index (χ1) is 7.39. The highest BCUT2D eigenvalue weighted by Gasteiger charge is 2.27. The molecule has 0 spiro atoms. The molecule has 0 unspecified atom stereocenters. The Morgan fingerprint density at radius 1 is 1.44 bits per heavy atom. The van der Waals surface area contributed by atoms with E-state index in [4.69, 9.17) is 0 Å². The third kappa shape index (κ3) is 1.68. The first kappa shape index (κ1) is 10.7. The van der Waals surface area contributed by atoms with Gasteiger partial charge in [0.05, 0.1) is 12.0 Å². The molecule has 16 heavy (non-hydrogen) atoms. The molecule has 2 heterocycles. The average Bonchev–Trinajstić information content (AvgIpc) is 2.52. The summed E-state index contributed by atoms with van der Waals surface area (Å²) in [4.78, 5) is 16.2. The number of nitrogens with zero attached hydrogens (tertiary/aromatic N) is 2. The molecule has 0 saturated heterocycles. The lowest BCUT2D eigenvalue weighted by molar-refractivity contribution is 0.0926. The quantitative estimate of drug-likeness (QED) is 0.684. The van der Waals surface area contributed by atoms with Gasteiger partial charge in [-0.15, -0.1) is 0 Å². The Hall–Kier alpha value is -1.78. The summed E-state index contributed by atoms with van der Waals surface area (Å²) in [5, 5.41) is 0. The van der Waals surface area contributed by atoms with Crippen molar-refractivity contribution < 1.29 is 4.79 Å². The molecule has 0 aliphatic carbocycles. The van der Waals surface area contributed by atoms with Crippen LogP contribution in [-0.4, -0.2) is 15.5 Å². The van der Waals surface area contributed by atoms with E-state index in [0.29, 0.717) is 12.1 Å². The van der Waals surface area contributed by atoms with E-state index in [0.717, 1.165) is 11.4 Å². The van der Waals surface area contributed by atoms with Crippen LogP contribution in [0, 0.1) is 0 Å². The van der Waals surface area contributed by atoms with E-state index in [1.165, 1.54) is 0 Å². The molecular formula is C11H16N4O. The molecule has 0 radical (unpaired) electrons. The van der Waals surface area contributed by atoms with Crippen molar-refractivity contribution in [3.63, 3.8) is 0 Å². The second-order valence-electron chi connectivity index (χ2n) is 4.94. The molecule has 1 amide bonds. The van der Waals surface area contributed by atoms with Crippen LogP contribution in [0.2, 0.25) is 0 Å². The highest BCUT2D eigenvalue weighted by Crippen LogP contribution is 2.21. The van der Waals surface area contributed by atoms with Gasteiger partial charge < -0.3 is 9.99 Å². The molecule has 0 bridgehead atoms. The molecule has 1 aromatic rings. The van der Waals surface area contributed by atoms with Crippen LogP contribution >= 0.6 is 0 Å². The summed E-state index contributed by atoms with van der Waals surface area (Å²) >= 11 is 0. The minimum absolute atomic E-state index is 0.163. The van der Waals surface area contributed by atoms with Crippen LogP contribution in [0.1, 0.15) is 37.0 Å². The summed E-state index contributed by atoms with van der Waals surface area (Å²) in [7, 11) is 0. The zero-order valence-electron chi connectivity index (χ0n) is 9.79. The van der Waals surface area contributed by atoms with Gasteiger partial charge in [-0.3, -0.25) is 10.2 Å². The van der Waals surface area contributed by atoms with Gasteiger partial charge in [-0.1, -0.05) is 6.58 Å². The van der Waals surface area contributed by atoms with Gasteiger partial charge in [-0.2, -0.15) is 0 Å². The molecular weight excluding hydrogens is 204 g/mol. The lowest BCUT2D eigenvalue weighted by Crippen LogP contribution is -2.37. The zero-order valence-corrected chi connectivity index (χ0v) is 9.79. The number of allylic oxidation sites excluding steroid dienone is 1. The van der Waals surface area contributed by atoms with Crippen LogP contribution in [-0.2, 0) is 12.0 Å². The van der Waals surface area contributed by atoms with Crippen molar-refractivity contribution in [2.75, 3.05) is 0 Å². The van der Waals surface area contributed by atoms with Crippen LogP contribution in [0.25, 0.3) is 0 Å². The third-order valence-electron chi connectivity index (χ3n) is 2.51. The lowest BCUT2D eigenvalue weighted by atomic mass is 10.1. The van der Waals surface area contributed by atoms with E-state index >= 15 is 0 Å². The van der Waals surface area contributed by atoms with Gasteiger partial charge in [0, 0.05) is 17.7 Å². The minimum atomic E-state index is -0.166. The van der Waals surface area contributed by atoms with Crippen LogP contribution in [0.3, 0.4) is 0 Å². The van der Waals surface area contributed by atoms with Crippen molar-refractivity contribution in [2.24, 2.45) is 0 Å². The fourth-order valence-corrected chi connectivity index (χ4v) is 1.71. The molecule has 1 aromatic heterocycles. The Morgan fingerprint density at radius 2 is 2.12 bits per heavy atom. The maximum atomic E-state index is 11.9. The molecule has 0 aromatic carbocycles. The van der Waals surface area contributed by atoms with E-state index in [-0.39, 0.29) is 11.4 Å². The van der Waals surface area contributed by atoms with E-state index in [9.17, 15) is 4.79 Å². The Bertz CT molecular complexity index is 453. The predicted octanol–water partition coefficient (Wildman–Crippen LogP) is 0.942. The van der Waals surface area contributed by atoms with Crippen molar-refractivity contribution in [1.29, 1.82) is 0 Å². The fourth-order valence-electron chi connectivity index (χ4n) is 1.71. The smallest absolute Gasteiger partial charge is 0.288 e. The summed E-state index contributed by atoms with van der Waals surface area (Å²) in [6, 6.07) is 0. The number of nitrogens with one attached hydrogen (secondary N) is 2. The van der Waals surface area contributed by atoms with Crippen LogP contribution in [0.15, 0.2) is 18.6 Å². The van der Waals surface area contributed by atoms with Crippen molar-refractivity contribution in [3.8, 4) is 0 Å². The van der Waals surface area contributed by atoms with E-state index in [2.05, 4.69) is 22.4 Å². The van der Waals surface area contributed by atoms with Gasteiger partial charge in [0.25, 0.3) is 5.91 Å². The van der Waals surface area contributed by atoms with Crippen molar-refractivity contribution in [3.05, 3.63) is 30.0 Å². The number of hydrogen-bond acceptors (Lipinski definition) is 3. The Balaban J connectivity index is 2.55. The van der Waals surface area contributed by atoms with E-state index in [1.807, 2.05) is 25.3 Å². The fraction of sp³-hybridized carbons (Fsp3) is 0.455. The topological polar surface area (TPSA) is 59.0 Å². The highest BCUT2D eigenvalue weighted by molar-refractivity contribution is 5.94. The monoisotopic (exact) mass is 220 g/mol. The van der Waals surface area contributed by atoms with Crippen molar-refractivity contribution in [1.82, 2.24) is 20.4 Å². The second-order valence-corrected chi connectivity index (χ2v) is 4.94. The SMILES string of the molecule is C=C1Cc2ncn(C(C)(C)C)c2C(=O)NN1. The van der Waals surface area contributed by atoms with Gasteiger partial charge >= 0.3 is 0 Å². The maximum absolute atomic E-state index is 11.9. The van der Waals surface area contributed by atoms with Gasteiger partial charge in [0.1, 0.15) is 5.69 Å². The highest BCUT2D eigenvalue weighted by atomic mass is 16.2. The Kier molecular flexibility index (Phi) is 2.26. The molecule has 0 fully saturated rings. The Morgan fingerprint density at radius 3 is 2.75 bits per heavy atom. The minimum Gasteiger partial charge on any atom is -0.321 e. The number of carbonyl (C=O) groups excluding carboxylic acids is 1. The van der Waals surface area contributed by atoms with E-state index < -0.39 is 0 Å². The van der Waals surface area contributed by atoms with Gasteiger partial charge in [-0.25, -0.2) is 4.98 Å². The summed E-state index contributed by atoms with van der Waals surface area (Å²) in [5.74, 6) is -0.166. The maximum Gasteiger partial charge on any atom is 0.288 e. The normalized spacial score (nSPS) is 16.2. The molecule has 0 saturated carbocycles. The van der Waals surface area contributed by atoms with Crippen LogP contribution in [0.5, 0.6) is 0 Å². The molecule has 1 aliphatic heterocycles. The van der Waals surface area contributed by atoms with Gasteiger partial charge in [0.2, 0.25) is 0 Å². The number of carbonyl (C=O) groups is 1. The molecule has 5 nitrogen and oxygen atoms in total. The predicted molar refractivity (Wildman–Crippen MR) is 60.7 cm³/mol. The number of hydrazine groups is 1. The van der Waals surface area contributed by atoms with Gasteiger partial charge in [0.15, 0.2) is 0 Å². The molecule has 0 atom stereocenters. The number of rotatable bonds is 0. The largest absolute Gasteiger partial charge is 0.321 e. The van der Waals surface area contributed by atoms with Crippen LogP contribution in [0.4, 0.5) is 0 Å². The molecule has 2 rings (SSSR count). The van der Waals surface area contributed by atoms with Crippen LogP contribution < -0.4 is 10.9 Å². The van der Waals surface area contributed by atoms with E-state index in [1.54, 1.807) is 6.33 Å². The molecule has 1 aliphatic rings.